The van der Waals surface area contributed by atoms with Gasteiger partial charge in [-0.15, -0.1) is 0 Å². The molecule has 2 nitrogen and oxygen atoms in total. The summed E-state index contributed by atoms with van der Waals surface area (Å²) in [5.41, 5.74) is 0. The zero-order valence-electron chi connectivity index (χ0n) is 12.7. The summed E-state index contributed by atoms with van der Waals surface area (Å²) in [6, 6.07) is 0. The van der Waals surface area contributed by atoms with Gasteiger partial charge in [-0.1, -0.05) is 32.6 Å². The Labute approximate surface area is 118 Å². The second kappa shape index (κ2) is 8.26. The molecule has 4 unspecified atom stereocenters. The summed E-state index contributed by atoms with van der Waals surface area (Å²) in [5, 5.41) is 9.73. The van der Waals surface area contributed by atoms with Crippen LogP contribution in [0.4, 0.5) is 0 Å². The van der Waals surface area contributed by atoms with Gasteiger partial charge in [-0.2, -0.15) is 0 Å². The SMILES string of the molecule is CCCCCCCOC1CCC2CC(O)CCC2C1. The molecule has 0 saturated heterocycles. The molecule has 112 valence electrons. The maximum absolute atomic E-state index is 9.73. The molecule has 0 radical (unpaired) electrons. The third-order valence-electron chi connectivity index (χ3n) is 5.14. The Hall–Kier alpha value is -0.0800. The van der Waals surface area contributed by atoms with Gasteiger partial charge < -0.3 is 9.84 Å². The number of unbranched alkanes of at least 4 members (excludes halogenated alkanes) is 4. The average molecular weight is 268 g/mol. The third kappa shape index (κ3) is 5.07. The van der Waals surface area contributed by atoms with Crippen molar-refractivity contribution < 1.29 is 9.84 Å². The van der Waals surface area contributed by atoms with Crippen LogP contribution in [0.25, 0.3) is 0 Å². The lowest BCUT2D eigenvalue weighted by atomic mass is 9.69. The van der Waals surface area contributed by atoms with Crippen molar-refractivity contribution in [2.45, 2.75) is 89.8 Å². The summed E-state index contributed by atoms with van der Waals surface area (Å²) < 4.78 is 6.08. The zero-order chi connectivity index (χ0) is 13.5. The molecule has 0 amide bonds. The molecule has 2 rings (SSSR count). The monoisotopic (exact) mass is 268 g/mol. The number of fused-ring (bicyclic) bond motifs is 1. The molecule has 0 aromatic carbocycles. The van der Waals surface area contributed by atoms with Gasteiger partial charge in [0.25, 0.3) is 0 Å². The summed E-state index contributed by atoms with van der Waals surface area (Å²) in [7, 11) is 0. The number of aliphatic hydroxyl groups is 1. The van der Waals surface area contributed by atoms with E-state index in [9.17, 15) is 5.11 Å². The largest absolute Gasteiger partial charge is 0.393 e. The van der Waals surface area contributed by atoms with Crippen molar-refractivity contribution in [2.75, 3.05) is 6.61 Å². The van der Waals surface area contributed by atoms with Crippen LogP contribution in [0.2, 0.25) is 0 Å². The zero-order valence-corrected chi connectivity index (χ0v) is 12.7. The fourth-order valence-electron chi connectivity index (χ4n) is 3.93. The van der Waals surface area contributed by atoms with Crippen molar-refractivity contribution in [3.8, 4) is 0 Å². The molecule has 1 N–H and O–H groups in total. The fraction of sp³-hybridized carbons (Fsp3) is 1.00. The molecule has 0 bridgehead atoms. The molecule has 19 heavy (non-hydrogen) atoms. The maximum Gasteiger partial charge on any atom is 0.0578 e. The predicted molar refractivity (Wildman–Crippen MR) is 79.2 cm³/mol. The van der Waals surface area contributed by atoms with Gasteiger partial charge in [0.05, 0.1) is 12.2 Å². The van der Waals surface area contributed by atoms with Crippen molar-refractivity contribution in [3.05, 3.63) is 0 Å². The van der Waals surface area contributed by atoms with Crippen LogP contribution in [-0.2, 0) is 4.74 Å². The highest BCUT2D eigenvalue weighted by molar-refractivity contribution is 4.86. The minimum absolute atomic E-state index is 0.0164. The van der Waals surface area contributed by atoms with Crippen LogP contribution in [0.5, 0.6) is 0 Å². The smallest absolute Gasteiger partial charge is 0.0578 e. The number of rotatable bonds is 7. The lowest BCUT2D eigenvalue weighted by Crippen LogP contribution is -2.35. The second-order valence-electron chi connectivity index (χ2n) is 6.71. The molecular weight excluding hydrogens is 236 g/mol. The van der Waals surface area contributed by atoms with Gasteiger partial charge in [0.15, 0.2) is 0 Å². The van der Waals surface area contributed by atoms with E-state index in [0.29, 0.717) is 6.10 Å². The Morgan fingerprint density at radius 1 is 0.895 bits per heavy atom. The minimum Gasteiger partial charge on any atom is -0.393 e. The lowest BCUT2D eigenvalue weighted by molar-refractivity contribution is -0.0328. The van der Waals surface area contributed by atoms with Crippen molar-refractivity contribution in [1.82, 2.24) is 0 Å². The van der Waals surface area contributed by atoms with Crippen LogP contribution >= 0.6 is 0 Å². The highest BCUT2D eigenvalue weighted by atomic mass is 16.5. The van der Waals surface area contributed by atoms with E-state index in [1.807, 2.05) is 0 Å². The molecule has 2 heteroatoms. The van der Waals surface area contributed by atoms with E-state index in [1.54, 1.807) is 0 Å². The van der Waals surface area contributed by atoms with E-state index in [-0.39, 0.29) is 6.10 Å². The first-order valence-corrected chi connectivity index (χ1v) is 8.59. The number of aliphatic hydroxyl groups excluding tert-OH is 1. The maximum atomic E-state index is 9.73. The van der Waals surface area contributed by atoms with Crippen molar-refractivity contribution >= 4 is 0 Å². The lowest BCUT2D eigenvalue weighted by Gasteiger charge is -2.40. The Morgan fingerprint density at radius 2 is 1.63 bits per heavy atom. The summed E-state index contributed by atoms with van der Waals surface area (Å²) in [4.78, 5) is 0. The van der Waals surface area contributed by atoms with E-state index in [0.717, 1.165) is 31.3 Å². The molecule has 0 aromatic heterocycles. The molecule has 2 saturated carbocycles. The van der Waals surface area contributed by atoms with Gasteiger partial charge in [-0.25, -0.2) is 0 Å². The summed E-state index contributed by atoms with van der Waals surface area (Å²) >= 11 is 0. The summed E-state index contributed by atoms with van der Waals surface area (Å²) in [6.45, 7) is 3.23. The standard InChI is InChI=1S/C17H32O2/c1-2-3-4-5-6-11-19-17-10-8-14-12-16(18)9-7-15(14)13-17/h14-18H,2-13H2,1H3. The first-order chi connectivity index (χ1) is 9.29. The van der Waals surface area contributed by atoms with Crippen LogP contribution in [0, 0.1) is 11.8 Å². The topological polar surface area (TPSA) is 29.5 Å². The number of hydrogen-bond acceptors (Lipinski definition) is 2. The molecule has 2 fully saturated rings. The van der Waals surface area contributed by atoms with Crippen LogP contribution in [-0.4, -0.2) is 23.9 Å². The molecule has 4 atom stereocenters. The van der Waals surface area contributed by atoms with Crippen molar-refractivity contribution in [3.63, 3.8) is 0 Å². The number of hydrogen-bond donors (Lipinski definition) is 1. The predicted octanol–water partition coefficient (Wildman–Crippen LogP) is 4.30. The van der Waals surface area contributed by atoms with E-state index >= 15 is 0 Å². The Balaban J connectivity index is 1.57. The quantitative estimate of drug-likeness (QED) is 0.697. The van der Waals surface area contributed by atoms with Crippen molar-refractivity contribution in [2.24, 2.45) is 11.8 Å². The third-order valence-corrected chi connectivity index (χ3v) is 5.14. The molecule has 0 heterocycles. The van der Waals surface area contributed by atoms with Gasteiger partial charge in [0.2, 0.25) is 0 Å². The van der Waals surface area contributed by atoms with Gasteiger partial charge >= 0.3 is 0 Å². The van der Waals surface area contributed by atoms with Gasteiger partial charge in [0.1, 0.15) is 0 Å². The highest BCUT2D eigenvalue weighted by Gasteiger charge is 2.35. The van der Waals surface area contributed by atoms with Gasteiger partial charge in [-0.05, 0) is 56.8 Å². The summed E-state index contributed by atoms with van der Waals surface area (Å²) in [5.74, 6) is 1.62. The molecule has 0 aromatic rings. The highest BCUT2D eigenvalue weighted by Crippen LogP contribution is 2.41. The van der Waals surface area contributed by atoms with Crippen molar-refractivity contribution in [1.29, 1.82) is 0 Å². The summed E-state index contributed by atoms with van der Waals surface area (Å²) in [6.07, 6.45) is 14.2. The Bertz CT molecular complexity index is 241. The minimum atomic E-state index is -0.0164. The normalized spacial score (nSPS) is 35.1. The fourth-order valence-corrected chi connectivity index (χ4v) is 3.93. The van der Waals surface area contributed by atoms with Crippen LogP contribution in [0.15, 0.2) is 0 Å². The van der Waals surface area contributed by atoms with Crippen LogP contribution in [0.1, 0.15) is 77.6 Å². The molecule has 0 spiro atoms. The first kappa shape index (κ1) is 15.3. The van der Waals surface area contributed by atoms with Crippen LogP contribution < -0.4 is 0 Å². The molecule has 2 aliphatic carbocycles. The Kier molecular flexibility index (Phi) is 6.66. The first-order valence-electron chi connectivity index (χ1n) is 8.59. The van der Waals surface area contributed by atoms with E-state index in [2.05, 4.69) is 6.92 Å². The van der Waals surface area contributed by atoms with E-state index in [4.69, 9.17) is 4.74 Å². The van der Waals surface area contributed by atoms with E-state index in [1.165, 1.54) is 57.8 Å². The Morgan fingerprint density at radius 3 is 2.47 bits per heavy atom. The van der Waals surface area contributed by atoms with Gasteiger partial charge in [-0.3, -0.25) is 0 Å². The van der Waals surface area contributed by atoms with Crippen LogP contribution in [0.3, 0.4) is 0 Å². The molecule has 0 aliphatic heterocycles. The molecule has 2 aliphatic rings. The average Bonchev–Trinajstić information content (AvgIpc) is 2.43. The van der Waals surface area contributed by atoms with E-state index < -0.39 is 0 Å². The van der Waals surface area contributed by atoms with Gasteiger partial charge in [0, 0.05) is 6.61 Å². The second-order valence-corrected chi connectivity index (χ2v) is 6.71. The molecular formula is C17H32O2. The number of ether oxygens (including phenoxy) is 1.